The van der Waals surface area contributed by atoms with Crippen LogP contribution in [-0.2, 0) is 6.42 Å². The normalized spacial score (nSPS) is 17.2. The van der Waals surface area contributed by atoms with Gasteiger partial charge in [-0.25, -0.2) is 0 Å². The van der Waals surface area contributed by atoms with Crippen LogP contribution < -0.4 is 4.74 Å². The second-order valence-electron chi connectivity index (χ2n) is 6.32. The predicted octanol–water partition coefficient (Wildman–Crippen LogP) is 4.44. The quantitative estimate of drug-likeness (QED) is 0.888. The van der Waals surface area contributed by atoms with Crippen LogP contribution in [0.4, 0.5) is 0 Å². The lowest BCUT2D eigenvalue weighted by atomic mass is 9.95. The highest BCUT2D eigenvalue weighted by molar-refractivity contribution is 6.31. The van der Waals surface area contributed by atoms with E-state index in [2.05, 4.69) is 13.8 Å². The van der Waals surface area contributed by atoms with E-state index in [1.165, 1.54) is 0 Å². The number of aliphatic hydroxyl groups is 1. The molecule has 0 spiro atoms. The average Bonchev–Trinajstić information content (AvgIpc) is 2.73. The minimum Gasteiger partial charge on any atom is -0.487 e. The van der Waals surface area contributed by atoms with Crippen molar-refractivity contribution in [2.45, 2.75) is 38.9 Å². The summed E-state index contributed by atoms with van der Waals surface area (Å²) in [4.78, 5) is 0. The fraction of sp³-hybridized carbons (Fsp3) is 0.333. The smallest absolute Gasteiger partial charge is 0.123 e. The number of hydrogen-bond donors (Lipinski definition) is 1. The minimum atomic E-state index is -0.644. The molecule has 0 aromatic heterocycles. The molecule has 3 heteroatoms. The second-order valence-corrected chi connectivity index (χ2v) is 6.72. The molecule has 1 aliphatic heterocycles. The Kier molecular flexibility index (Phi) is 3.46. The first-order valence-electron chi connectivity index (χ1n) is 7.12. The second kappa shape index (κ2) is 5.04. The number of rotatable bonds is 2. The zero-order valence-corrected chi connectivity index (χ0v) is 13.2. The van der Waals surface area contributed by atoms with Gasteiger partial charge in [0.1, 0.15) is 17.5 Å². The Balaban J connectivity index is 1.93. The molecule has 0 saturated heterocycles. The van der Waals surface area contributed by atoms with E-state index in [-0.39, 0.29) is 5.60 Å². The summed E-state index contributed by atoms with van der Waals surface area (Å²) in [6, 6.07) is 11.5. The number of hydrogen-bond acceptors (Lipinski definition) is 2. The molecule has 0 radical (unpaired) electrons. The lowest BCUT2D eigenvalue weighted by Gasteiger charge is -2.16. The van der Waals surface area contributed by atoms with Crippen LogP contribution in [0.2, 0.25) is 5.02 Å². The van der Waals surface area contributed by atoms with E-state index in [0.29, 0.717) is 0 Å². The fourth-order valence-electron chi connectivity index (χ4n) is 2.83. The third kappa shape index (κ3) is 2.78. The third-order valence-corrected chi connectivity index (χ3v) is 4.32. The van der Waals surface area contributed by atoms with Crippen molar-refractivity contribution < 1.29 is 9.84 Å². The van der Waals surface area contributed by atoms with Crippen molar-refractivity contribution in [1.29, 1.82) is 0 Å². The maximum absolute atomic E-state index is 10.6. The zero-order chi connectivity index (χ0) is 15.2. The van der Waals surface area contributed by atoms with Crippen LogP contribution in [0.3, 0.4) is 0 Å². The van der Waals surface area contributed by atoms with Crippen molar-refractivity contribution in [3.63, 3.8) is 0 Å². The number of aryl methyl sites for hydroxylation is 1. The van der Waals surface area contributed by atoms with Crippen LogP contribution >= 0.6 is 11.6 Å². The molecule has 2 aromatic carbocycles. The molecule has 1 unspecified atom stereocenters. The van der Waals surface area contributed by atoms with Gasteiger partial charge in [0.25, 0.3) is 0 Å². The molecule has 3 rings (SSSR count). The number of benzene rings is 2. The van der Waals surface area contributed by atoms with E-state index < -0.39 is 6.10 Å². The molecule has 0 saturated carbocycles. The summed E-state index contributed by atoms with van der Waals surface area (Å²) < 4.78 is 5.87. The number of halogens is 1. The number of ether oxygens (including phenoxy) is 1. The van der Waals surface area contributed by atoms with Gasteiger partial charge in [-0.3, -0.25) is 0 Å². The Labute approximate surface area is 130 Å². The SMILES string of the molecule is Cc1cc(C(O)c2ccc3c(c2)CC(C)(C)O3)ccc1Cl. The van der Waals surface area contributed by atoms with Gasteiger partial charge in [-0.15, -0.1) is 0 Å². The fourth-order valence-corrected chi connectivity index (χ4v) is 2.95. The summed E-state index contributed by atoms with van der Waals surface area (Å²) in [6.07, 6.45) is 0.220. The van der Waals surface area contributed by atoms with Crippen molar-refractivity contribution in [2.75, 3.05) is 0 Å². The number of fused-ring (bicyclic) bond motifs is 1. The van der Waals surface area contributed by atoms with Gasteiger partial charge >= 0.3 is 0 Å². The van der Waals surface area contributed by atoms with Crippen molar-refractivity contribution in [1.82, 2.24) is 0 Å². The highest BCUT2D eigenvalue weighted by atomic mass is 35.5. The molecule has 1 heterocycles. The Bertz CT molecular complexity index is 692. The molecule has 0 amide bonds. The summed E-state index contributed by atoms with van der Waals surface area (Å²) in [5.41, 5.74) is 3.70. The highest BCUT2D eigenvalue weighted by Gasteiger charge is 2.30. The summed E-state index contributed by atoms with van der Waals surface area (Å²) >= 11 is 6.04. The van der Waals surface area contributed by atoms with E-state index in [9.17, 15) is 5.11 Å². The van der Waals surface area contributed by atoms with Gasteiger partial charge in [-0.05, 0) is 61.2 Å². The van der Waals surface area contributed by atoms with Crippen molar-refractivity contribution in [3.05, 3.63) is 63.7 Å². The largest absolute Gasteiger partial charge is 0.487 e. The maximum Gasteiger partial charge on any atom is 0.123 e. The number of aliphatic hydroxyl groups excluding tert-OH is 1. The molecule has 21 heavy (non-hydrogen) atoms. The van der Waals surface area contributed by atoms with E-state index in [4.69, 9.17) is 16.3 Å². The van der Waals surface area contributed by atoms with Gasteiger partial charge in [0.2, 0.25) is 0 Å². The summed E-state index contributed by atoms with van der Waals surface area (Å²) in [5.74, 6) is 0.920. The van der Waals surface area contributed by atoms with E-state index in [0.717, 1.165) is 39.4 Å². The Hall–Kier alpha value is -1.51. The van der Waals surface area contributed by atoms with Crippen LogP contribution in [0.15, 0.2) is 36.4 Å². The van der Waals surface area contributed by atoms with E-state index >= 15 is 0 Å². The molecule has 1 N–H and O–H groups in total. The Morgan fingerprint density at radius 1 is 1.14 bits per heavy atom. The van der Waals surface area contributed by atoms with Crippen LogP contribution in [0, 0.1) is 6.92 Å². The minimum absolute atomic E-state index is 0.164. The van der Waals surface area contributed by atoms with Gasteiger partial charge in [0.05, 0.1) is 0 Å². The first-order valence-corrected chi connectivity index (χ1v) is 7.49. The van der Waals surface area contributed by atoms with Gasteiger partial charge < -0.3 is 9.84 Å². The van der Waals surface area contributed by atoms with E-state index in [1.807, 2.05) is 43.3 Å². The lowest BCUT2D eigenvalue weighted by Crippen LogP contribution is -2.24. The van der Waals surface area contributed by atoms with Crippen molar-refractivity contribution in [2.24, 2.45) is 0 Å². The Morgan fingerprint density at radius 3 is 2.52 bits per heavy atom. The van der Waals surface area contributed by atoms with Crippen molar-refractivity contribution in [3.8, 4) is 5.75 Å². The van der Waals surface area contributed by atoms with Crippen LogP contribution in [0.1, 0.15) is 42.2 Å². The van der Waals surface area contributed by atoms with Crippen LogP contribution in [0.5, 0.6) is 5.75 Å². The molecule has 110 valence electrons. The first-order chi connectivity index (χ1) is 9.85. The lowest BCUT2D eigenvalue weighted by molar-refractivity contribution is 0.138. The van der Waals surface area contributed by atoms with Crippen LogP contribution in [-0.4, -0.2) is 10.7 Å². The van der Waals surface area contributed by atoms with Gasteiger partial charge in [0.15, 0.2) is 0 Å². The first kappa shape index (κ1) is 14.4. The maximum atomic E-state index is 10.6. The molecule has 0 bridgehead atoms. The molecule has 0 fully saturated rings. The molecular formula is C18H19ClO2. The topological polar surface area (TPSA) is 29.5 Å². The molecule has 1 aliphatic rings. The zero-order valence-electron chi connectivity index (χ0n) is 12.5. The average molecular weight is 303 g/mol. The van der Waals surface area contributed by atoms with E-state index in [1.54, 1.807) is 0 Å². The van der Waals surface area contributed by atoms with Gasteiger partial charge in [0, 0.05) is 11.4 Å². The monoisotopic (exact) mass is 302 g/mol. The molecule has 1 atom stereocenters. The molecular weight excluding hydrogens is 284 g/mol. The third-order valence-electron chi connectivity index (χ3n) is 3.90. The summed E-state index contributed by atoms with van der Waals surface area (Å²) in [5, 5.41) is 11.3. The summed E-state index contributed by atoms with van der Waals surface area (Å²) in [7, 11) is 0. The molecule has 2 aromatic rings. The van der Waals surface area contributed by atoms with Gasteiger partial charge in [-0.2, -0.15) is 0 Å². The van der Waals surface area contributed by atoms with Crippen molar-refractivity contribution >= 4 is 11.6 Å². The molecule has 0 aliphatic carbocycles. The standard InChI is InChI=1S/C18H19ClO2/c1-11-8-12(4-6-15(11)19)17(20)13-5-7-16-14(9-13)10-18(2,3)21-16/h4-9,17,20H,10H2,1-3H3. The highest BCUT2D eigenvalue weighted by Crippen LogP contribution is 2.37. The summed E-state index contributed by atoms with van der Waals surface area (Å²) in [6.45, 7) is 6.09. The molecule has 2 nitrogen and oxygen atoms in total. The Morgan fingerprint density at radius 2 is 1.81 bits per heavy atom. The van der Waals surface area contributed by atoms with Crippen LogP contribution in [0.25, 0.3) is 0 Å². The van der Waals surface area contributed by atoms with Gasteiger partial charge in [-0.1, -0.05) is 29.8 Å². The predicted molar refractivity (Wildman–Crippen MR) is 85.1 cm³/mol.